The topological polar surface area (TPSA) is 44.5 Å². The molecule has 2 atom stereocenters. The van der Waals surface area contributed by atoms with Crippen LogP contribution in [0.25, 0.3) is 0 Å². The molecule has 1 saturated heterocycles. The van der Waals surface area contributed by atoms with Gasteiger partial charge < -0.3 is 15.2 Å². The van der Waals surface area contributed by atoms with Crippen LogP contribution in [-0.2, 0) is 9.47 Å². The summed E-state index contributed by atoms with van der Waals surface area (Å²) >= 11 is 0. The molecule has 1 heterocycles. The first-order chi connectivity index (χ1) is 4.70. The Hall–Kier alpha value is -0.120. The van der Waals surface area contributed by atoms with Gasteiger partial charge in [0.1, 0.15) is 6.10 Å². The van der Waals surface area contributed by atoms with Gasteiger partial charge in [-0.25, -0.2) is 0 Å². The lowest BCUT2D eigenvalue weighted by Gasteiger charge is -2.30. The molecule has 0 aromatic heterocycles. The highest BCUT2D eigenvalue weighted by molar-refractivity contribution is 4.70. The zero-order valence-corrected chi connectivity index (χ0v) is 6.54. The highest BCUT2D eigenvalue weighted by Crippen LogP contribution is 2.09. The van der Waals surface area contributed by atoms with E-state index in [0.29, 0.717) is 6.10 Å². The Bertz CT molecular complexity index is 102. The summed E-state index contributed by atoms with van der Waals surface area (Å²) in [5, 5.41) is 0. The van der Waals surface area contributed by atoms with Crippen molar-refractivity contribution in [3.8, 4) is 0 Å². The molecular formula is C7H15NO2. The molecule has 0 radical (unpaired) electrons. The summed E-state index contributed by atoms with van der Waals surface area (Å²) in [6, 6.07) is 0.112. The zero-order valence-electron chi connectivity index (χ0n) is 6.54. The highest BCUT2D eigenvalue weighted by atomic mass is 16.6. The van der Waals surface area contributed by atoms with Crippen LogP contribution in [0.4, 0.5) is 0 Å². The van der Waals surface area contributed by atoms with E-state index in [-0.39, 0.29) is 12.1 Å². The Kier molecular flexibility index (Phi) is 2.65. The van der Waals surface area contributed by atoms with Gasteiger partial charge in [0.25, 0.3) is 0 Å². The second-order valence-corrected chi connectivity index (χ2v) is 2.86. The number of hydrogen-bond acceptors (Lipinski definition) is 3. The summed E-state index contributed by atoms with van der Waals surface area (Å²) < 4.78 is 10.4. The van der Waals surface area contributed by atoms with Gasteiger partial charge in [-0.15, -0.1) is 0 Å². The molecule has 2 N–H and O–H groups in total. The van der Waals surface area contributed by atoms with Crippen LogP contribution in [-0.4, -0.2) is 31.5 Å². The second kappa shape index (κ2) is 3.32. The Labute approximate surface area is 61.5 Å². The first-order valence-electron chi connectivity index (χ1n) is 3.69. The van der Waals surface area contributed by atoms with Crippen molar-refractivity contribution in [2.24, 2.45) is 5.73 Å². The predicted octanol–water partition coefficient (Wildman–Crippen LogP) is 0.138. The Morgan fingerprint density at radius 1 is 1.50 bits per heavy atom. The third-order valence-electron chi connectivity index (χ3n) is 1.76. The van der Waals surface area contributed by atoms with E-state index in [2.05, 4.69) is 0 Å². The summed E-state index contributed by atoms with van der Waals surface area (Å²) in [4.78, 5) is 0. The molecule has 0 aromatic rings. The molecule has 0 amide bonds. The fraction of sp³-hybridized carbons (Fsp3) is 1.00. The molecule has 1 aliphatic rings. The number of rotatable bonds is 3. The molecule has 0 aromatic carbocycles. The molecular weight excluding hydrogens is 130 g/mol. The first kappa shape index (κ1) is 7.98. The molecule has 0 saturated carbocycles. The zero-order chi connectivity index (χ0) is 7.56. The lowest BCUT2D eigenvalue weighted by molar-refractivity contribution is -0.153. The van der Waals surface area contributed by atoms with Crippen molar-refractivity contribution in [1.29, 1.82) is 0 Å². The molecule has 1 aliphatic heterocycles. The van der Waals surface area contributed by atoms with Gasteiger partial charge in [0.15, 0.2) is 0 Å². The average molecular weight is 145 g/mol. The van der Waals surface area contributed by atoms with Crippen LogP contribution in [0.1, 0.15) is 13.8 Å². The van der Waals surface area contributed by atoms with Crippen LogP contribution in [0.3, 0.4) is 0 Å². The third kappa shape index (κ3) is 1.94. The maximum atomic E-state index is 5.60. The van der Waals surface area contributed by atoms with Crippen LogP contribution in [0.15, 0.2) is 0 Å². The minimum atomic E-state index is 0.112. The van der Waals surface area contributed by atoms with E-state index in [1.165, 1.54) is 0 Å². The lowest BCUT2D eigenvalue weighted by Crippen LogP contribution is -2.43. The minimum Gasteiger partial charge on any atom is -0.376 e. The number of ether oxygens (including phenoxy) is 2. The third-order valence-corrected chi connectivity index (χ3v) is 1.76. The lowest BCUT2D eigenvalue weighted by atomic mass is 10.2. The Balaban J connectivity index is 2.10. The molecule has 10 heavy (non-hydrogen) atoms. The summed E-state index contributed by atoms with van der Waals surface area (Å²) in [7, 11) is 0. The van der Waals surface area contributed by atoms with E-state index in [4.69, 9.17) is 15.2 Å². The smallest absolute Gasteiger partial charge is 0.105 e. The largest absolute Gasteiger partial charge is 0.376 e. The maximum Gasteiger partial charge on any atom is 0.105 e. The van der Waals surface area contributed by atoms with Gasteiger partial charge >= 0.3 is 0 Å². The fourth-order valence-corrected chi connectivity index (χ4v) is 0.720. The molecule has 0 aliphatic carbocycles. The van der Waals surface area contributed by atoms with Gasteiger partial charge in [0.05, 0.1) is 19.3 Å². The molecule has 0 bridgehead atoms. The van der Waals surface area contributed by atoms with Gasteiger partial charge in [0.2, 0.25) is 0 Å². The maximum absolute atomic E-state index is 5.60. The fourth-order valence-electron chi connectivity index (χ4n) is 0.720. The second-order valence-electron chi connectivity index (χ2n) is 2.86. The number of nitrogens with two attached hydrogens (primary N) is 1. The molecule has 1 unspecified atom stereocenters. The van der Waals surface area contributed by atoms with Gasteiger partial charge in [-0.05, 0) is 13.8 Å². The van der Waals surface area contributed by atoms with Gasteiger partial charge in [-0.2, -0.15) is 0 Å². The molecule has 0 spiro atoms. The van der Waals surface area contributed by atoms with Crippen molar-refractivity contribution >= 4 is 0 Å². The standard InChI is InChI=1S/C7H15NO2/c1-5(8)6(2)10-7-3-9-4-7/h5-7H,3-4,8H2,1-2H3/t5-,6?/m1/s1. The van der Waals surface area contributed by atoms with E-state index in [0.717, 1.165) is 13.2 Å². The Morgan fingerprint density at radius 3 is 2.40 bits per heavy atom. The SMILES string of the molecule is CC(OC1COC1)[C@@H](C)N. The van der Waals surface area contributed by atoms with Gasteiger partial charge in [-0.1, -0.05) is 0 Å². The van der Waals surface area contributed by atoms with Gasteiger partial charge in [0, 0.05) is 6.04 Å². The van der Waals surface area contributed by atoms with Crippen LogP contribution in [0.2, 0.25) is 0 Å². The molecule has 1 fully saturated rings. The first-order valence-corrected chi connectivity index (χ1v) is 3.69. The van der Waals surface area contributed by atoms with Crippen molar-refractivity contribution in [2.45, 2.75) is 32.1 Å². The summed E-state index contributed by atoms with van der Waals surface area (Å²) in [5.41, 5.74) is 5.60. The number of hydrogen-bond donors (Lipinski definition) is 1. The van der Waals surface area contributed by atoms with Crippen molar-refractivity contribution in [3.63, 3.8) is 0 Å². The molecule has 3 nitrogen and oxygen atoms in total. The molecule has 60 valence electrons. The van der Waals surface area contributed by atoms with Crippen LogP contribution < -0.4 is 5.73 Å². The van der Waals surface area contributed by atoms with Crippen molar-refractivity contribution in [2.75, 3.05) is 13.2 Å². The van der Waals surface area contributed by atoms with E-state index >= 15 is 0 Å². The minimum absolute atomic E-state index is 0.112. The van der Waals surface area contributed by atoms with Crippen molar-refractivity contribution in [3.05, 3.63) is 0 Å². The molecule has 3 heteroatoms. The van der Waals surface area contributed by atoms with E-state index < -0.39 is 0 Å². The normalized spacial score (nSPS) is 25.5. The van der Waals surface area contributed by atoms with Gasteiger partial charge in [-0.3, -0.25) is 0 Å². The van der Waals surface area contributed by atoms with Crippen LogP contribution >= 0.6 is 0 Å². The van der Waals surface area contributed by atoms with E-state index in [1.807, 2.05) is 13.8 Å². The van der Waals surface area contributed by atoms with Crippen molar-refractivity contribution < 1.29 is 9.47 Å². The summed E-state index contributed by atoms with van der Waals surface area (Å²) in [6.07, 6.45) is 0.440. The predicted molar refractivity (Wildman–Crippen MR) is 38.8 cm³/mol. The summed E-state index contributed by atoms with van der Waals surface area (Å²) in [6.45, 7) is 5.40. The quantitative estimate of drug-likeness (QED) is 0.614. The Morgan fingerprint density at radius 2 is 2.10 bits per heavy atom. The van der Waals surface area contributed by atoms with E-state index in [9.17, 15) is 0 Å². The van der Waals surface area contributed by atoms with E-state index in [1.54, 1.807) is 0 Å². The van der Waals surface area contributed by atoms with Crippen LogP contribution in [0, 0.1) is 0 Å². The molecule has 1 rings (SSSR count). The highest BCUT2D eigenvalue weighted by Gasteiger charge is 2.22. The summed E-state index contributed by atoms with van der Waals surface area (Å²) in [5.74, 6) is 0. The van der Waals surface area contributed by atoms with Crippen LogP contribution in [0.5, 0.6) is 0 Å². The van der Waals surface area contributed by atoms with Crippen molar-refractivity contribution in [1.82, 2.24) is 0 Å². The average Bonchev–Trinajstić information content (AvgIpc) is 1.77. The monoisotopic (exact) mass is 145 g/mol.